The van der Waals surface area contributed by atoms with Crippen molar-refractivity contribution >= 4 is 17.7 Å². The van der Waals surface area contributed by atoms with Crippen LogP contribution in [-0.4, -0.2) is 42.8 Å². The lowest BCUT2D eigenvalue weighted by molar-refractivity contribution is 0.368. The van der Waals surface area contributed by atoms with Gasteiger partial charge in [0.2, 0.25) is 0 Å². The fourth-order valence-electron chi connectivity index (χ4n) is 1.03. The maximum atomic E-state index is 9.75. The SMILES string of the molecule is CCCCN1C=CC=CC1.F[B-](F)(F)F.N.N.O=S(=O)(O)O.[H+]. The Kier molecular flexibility index (Phi) is 19.4. The van der Waals surface area contributed by atoms with Gasteiger partial charge in [-0.25, -0.2) is 0 Å². The summed E-state index contributed by atoms with van der Waals surface area (Å²) in [6, 6.07) is 0. The summed E-state index contributed by atoms with van der Waals surface area (Å²) < 4.78 is 70.6. The molecular weight excluding hydrogens is 333 g/mol. The fraction of sp³-hybridized carbons (Fsp3) is 0.556. The Bertz CT molecular complexity index is 396. The minimum Gasteiger partial charge on any atom is -0.418 e. The number of hydrogen-bond acceptors (Lipinski definition) is 5. The van der Waals surface area contributed by atoms with Gasteiger partial charge in [0, 0.05) is 13.1 Å². The second-order valence-electron chi connectivity index (χ2n) is 3.56. The van der Waals surface area contributed by atoms with E-state index in [-0.39, 0.29) is 13.7 Å². The second kappa shape index (κ2) is 14.8. The van der Waals surface area contributed by atoms with Crippen LogP contribution in [0.15, 0.2) is 24.4 Å². The first-order chi connectivity index (χ1) is 8.93. The zero-order valence-electron chi connectivity index (χ0n) is 13.2. The van der Waals surface area contributed by atoms with Crippen LogP contribution in [0.3, 0.4) is 0 Å². The van der Waals surface area contributed by atoms with Crippen molar-refractivity contribution in [1.29, 1.82) is 0 Å². The summed E-state index contributed by atoms with van der Waals surface area (Å²) in [7, 11) is -10.7. The number of rotatable bonds is 3. The summed E-state index contributed by atoms with van der Waals surface area (Å²) in [5.41, 5.74) is 0. The summed E-state index contributed by atoms with van der Waals surface area (Å²) in [6.45, 7) is 4.53. The first-order valence-electron chi connectivity index (χ1n) is 5.58. The van der Waals surface area contributed by atoms with E-state index in [1.807, 2.05) is 0 Å². The highest BCUT2D eigenvalue weighted by molar-refractivity contribution is 7.79. The molecule has 0 amide bonds. The lowest BCUT2D eigenvalue weighted by atomic mass is 10.3. The predicted molar refractivity (Wildman–Crippen MR) is 80.3 cm³/mol. The summed E-state index contributed by atoms with van der Waals surface area (Å²) in [4.78, 5) is 2.34. The molecule has 0 unspecified atom stereocenters. The number of unbranched alkanes of at least 4 members (excludes halogenated alkanes) is 1. The van der Waals surface area contributed by atoms with Crippen LogP contribution >= 0.6 is 0 Å². The van der Waals surface area contributed by atoms with Crippen molar-refractivity contribution in [3.8, 4) is 0 Å². The average Bonchev–Trinajstić information content (AvgIpc) is 2.23. The van der Waals surface area contributed by atoms with E-state index in [0.717, 1.165) is 6.54 Å². The zero-order valence-corrected chi connectivity index (χ0v) is 13.0. The Balaban J connectivity index is -0.0000000728. The van der Waals surface area contributed by atoms with Crippen LogP contribution in [0.2, 0.25) is 0 Å². The molecule has 0 aromatic rings. The fourth-order valence-corrected chi connectivity index (χ4v) is 1.03. The van der Waals surface area contributed by atoms with Gasteiger partial charge < -0.3 is 34.5 Å². The molecule has 1 heterocycles. The van der Waals surface area contributed by atoms with Gasteiger partial charge in [-0.1, -0.05) is 25.5 Å². The Hall–Kier alpha value is -1.15. The Morgan fingerprint density at radius 3 is 1.86 bits per heavy atom. The van der Waals surface area contributed by atoms with Crippen LogP contribution in [0.5, 0.6) is 0 Å². The van der Waals surface area contributed by atoms with Gasteiger partial charge in [0.25, 0.3) is 0 Å². The molecule has 8 N–H and O–H groups in total. The molecule has 1 aliphatic rings. The van der Waals surface area contributed by atoms with Gasteiger partial charge in [0.05, 0.1) is 0 Å². The summed E-state index contributed by atoms with van der Waals surface area (Å²) in [5, 5.41) is 0. The first kappa shape index (κ1) is 28.9. The summed E-state index contributed by atoms with van der Waals surface area (Å²) in [5.74, 6) is 0. The van der Waals surface area contributed by atoms with Crippen LogP contribution in [0.25, 0.3) is 0 Å². The topological polar surface area (TPSA) is 148 Å². The Labute approximate surface area is 129 Å². The van der Waals surface area contributed by atoms with Gasteiger partial charge in [-0.05, 0) is 18.7 Å². The van der Waals surface area contributed by atoms with Crippen molar-refractivity contribution in [3.05, 3.63) is 24.4 Å². The smallest absolute Gasteiger partial charge is 0.418 e. The molecule has 0 fully saturated rings. The third-order valence-corrected chi connectivity index (χ3v) is 1.68. The molecule has 0 aromatic heterocycles. The molecule has 0 aromatic carbocycles. The molecule has 13 heteroatoms. The predicted octanol–water partition coefficient (Wildman–Crippen LogP) is 3.26. The maximum absolute atomic E-state index is 9.75. The lowest BCUT2D eigenvalue weighted by Crippen LogP contribution is -2.19. The van der Waals surface area contributed by atoms with Gasteiger partial charge in [0.1, 0.15) is 0 Å². The van der Waals surface area contributed by atoms with Gasteiger partial charge >= 0.3 is 19.1 Å². The normalized spacial score (nSPS) is 12.8. The minimum atomic E-state index is -6.00. The minimum absolute atomic E-state index is 0. The van der Waals surface area contributed by atoms with E-state index in [9.17, 15) is 17.3 Å². The first-order valence-corrected chi connectivity index (χ1v) is 6.97. The van der Waals surface area contributed by atoms with Crippen LogP contribution in [0.1, 0.15) is 21.2 Å². The number of nitrogens with zero attached hydrogens (tertiary/aromatic N) is 1. The monoisotopic (exact) mass is 357 g/mol. The third-order valence-electron chi connectivity index (χ3n) is 1.68. The van der Waals surface area contributed by atoms with Gasteiger partial charge in [-0.15, -0.1) is 0 Å². The molecule has 0 saturated heterocycles. The Morgan fingerprint density at radius 1 is 1.18 bits per heavy atom. The van der Waals surface area contributed by atoms with Crippen molar-refractivity contribution in [2.24, 2.45) is 0 Å². The summed E-state index contributed by atoms with van der Waals surface area (Å²) in [6.07, 6.45) is 11.1. The molecule has 7 nitrogen and oxygen atoms in total. The number of hydrogen-bond donors (Lipinski definition) is 4. The van der Waals surface area contributed by atoms with Crippen molar-refractivity contribution < 1.29 is 36.2 Å². The van der Waals surface area contributed by atoms with Crippen molar-refractivity contribution in [1.82, 2.24) is 17.2 Å². The molecular formula is C9H24BF4N3O4S. The molecule has 0 aliphatic carbocycles. The second-order valence-corrected chi connectivity index (χ2v) is 4.46. The molecule has 0 spiro atoms. The van der Waals surface area contributed by atoms with Crippen LogP contribution < -0.4 is 12.3 Å². The summed E-state index contributed by atoms with van der Waals surface area (Å²) >= 11 is 0. The van der Waals surface area contributed by atoms with Crippen molar-refractivity contribution in [2.45, 2.75) is 19.8 Å². The van der Waals surface area contributed by atoms with E-state index < -0.39 is 17.7 Å². The Morgan fingerprint density at radius 2 is 1.59 bits per heavy atom. The standard InChI is InChI=1S/C9H15N.BF4.2H3N.H2O4S/c1-2-3-7-10-8-5-4-6-9-10;2-1(3,4)5;;;1-5(2,3)4/h4-6,8H,2-3,7,9H2,1H3;;2*1H3;(H2,1,2,3,4)/q;-1;;;/p+1. The van der Waals surface area contributed by atoms with E-state index in [1.165, 1.54) is 19.4 Å². The van der Waals surface area contributed by atoms with E-state index in [1.54, 1.807) is 0 Å². The highest BCUT2D eigenvalue weighted by Gasteiger charge is 2.20. The van der Waals surface area contributed by atoms with Crippen LogP contribution in [-0.2, 0) is 10.4 Å². The van der Waals surface area contributed by atoms with Crippen molar-refractivity contribution in [2.75, 3.05) is 13.1 Å². The van der Waals surface area contributed by atoms with Gasteiger partial charge in [0.15, 0.2) is 0 Å². The van der Waals surface area contributed by atoms with E-state index in [0.29, 0.717) is 0 Å². The third kappa shape index (κ3) is 51.0. The highest BCUT2D eigenvalue weighted by Crippen LogP contribution is 2.06. The molecule has 0 bridgehead atoms. The lowest BCUT2D eigenvalue weighted by Gasteiger charge is -2.19. The molecule has 22 heavy (non-hydrogen) atoms. The van der Waals surface area contributed by atoms with Crippen LogP contribution in [0.4, 0.5) is 17.3 Å². The van der Waals surface area contributed by atoms with E-state index in [2.05, 4.69) is 36.3 Å². The van der Waals surface area contributed by atoms with Gasteiger partial charge in [-0.2, -0.15) is 8.42 Å². The largest absolute Gasteiger partial charge is 1.00 e. The quantitative estimate of drug-likeness (QED) is 0.344. The average molecular weight is 357 g/mol. The highest BCUT2D eigenvalue weighted by atomic mass is 32.3. The van der Waals surface area contributed by atoms with Gasteiger partial charge in [-0.3, -0.25) is 9.11 Å². The molecule has 0 radical (unpaired) electrons. The molecule has 136 valence electrons. The molecule has 0 atom stereocenters. The van der Waals surface area contributed by atoms with Crippen molar-refractivity contribution in [3.63, 3.8) is 0 Å². The molecule has 0 saturated carbocycles. The van der Waals surface area contributed by atoms with E-state index >= 15 is 0 Å². The molecule has 1 rings (SSSR count). The number of allylic oxidation sites excluding steroid dienone is 2. The van der Waals surface area contributed by atoms with E-state index in [4.69, 9.17) is 17.5 Å². The maximum Gasteiger partial charge on any atom is 1.00 e. The zero-order chi connectivity index (χ0) is 16.2. The van der Waals surface area contributed by atoms with Crippen LogP contribution in [0, 0.1) is 0 Å². The number of halogens is 4. The molecule has 1 aliphatic heterocycles.